The van der Waals surface area contributed by atoms with Crippen LogP contribution in [0.1, 0.15) is 61.3 Å². The lowest BCUT2D eigenvalue weighted by atomic mass is 9.89. The van der Waals surface area contributed by atoms with Gasteiger partial charge in [-0.25, -0.2) is 9.97 Å². The lowest BCUT2D eigenvalue weighted by Gasteiger charge is -2.38. The molecule has 0 aliphatic carbocycles. The van der Waals surface area contributed by atoms with Crippen molar-refractivity contribution in [3.05, 3.63) is 47.5 Å². The third kappa shape index (κ3) is 3.79. The van der Waals surface area contributed by atoms with Crippen LogP contribution in [-0.2, 0) is 6.42 Å². The Morgan fingerprint density at radius 3 is 2.96 bits per heavy atom. The molecule has 1 amide bonds. The van der Waals surface area contributed by atoms with E-state index in [-0.39, 0.29) is 17.6 Å². The summed E-state index contributed by atoms with van der Waals surface area (Å²) in [5.74, 6) is 1.34. The summed E-state index contributed by atoms with van der Waals surface area (Å²) in [6.07, 6.45) is 5.40. The molecule has 0 saturated heterocycles. The van der Waals surface area contributed by atoms with E-state index < -0.39 is 0 Å². The first-order chi connectivity index (χ1) is 12.4. The fraction of sp³-hybridized carbons (Fsp3) is 0.450. The van der Waals surface area contributed by atoms with Gasteiger partial charge in [0.05, 0.1) is 24.4 Å². The molecule has 0 radical (unpaired) electrons. The second kappa shape index (κ2) is 7.32. The van der Waals surface area contributed by atoms with E-state index in [1.807, 2.05) is 32.0 Å². The summed E-state index contributed by atoms with van der Waals surface area (Å²) in [5.41, 5.74) is 1.85. The van der Waals surface area contributed by atoms with E-state index >= 15 is 0 Å². The molecule has 0 bridgehead atoms. The highest BCUT2D eigenvalue weighted by Gasteiger charge is 2.35. The molecule has 2 aromatic rings. The Labute approximate surface area is 154 Å². The first kappa shape index (κ1) is 18.2. The van der Waals surface area contributed by atoms with Gasteiger partial charge in [0.1, 0.15) is 23.4 Å². The lowest BCUT2D eigenvalue weighted by molar-refractivity contribution is 0.0617. The van der Waals surface area contributed by atoms with Crippen LogP contribution in [0.25, 0.3) is 0 Å². The van der Waals surface area contributed by atoms with E-state index in [2.05, 4.69) is 22.2 Å². The van der Waals surface area contributed by atoms with Crippen LogP contribution in [0.15, 0.2) is 30.7 Å². The van der Waals surface area contributed by atoms with E-state index in [1.165, 1.54) is 6.33 Å². The van der Waals surface area contributed by atoms with Gasteiger partial charge < -0.3 is 14.8 Å². The minimum atomic E-state index is -0.376. The van der Waals surface area contributed by atoms with E-state index in [9.17, 15) is 4.79 Å². The second-order valence-corrected chi connectivity index (χ2v) is 7.13. The third-order valence-electron chi connectivity index (χ3n) is 4.51. The average Bonchev–Trinajstić information content (AvgIpc) is 2.61. The maximum absolute atomic E-state index is 12.9. The summed E-state index contributed by atoms with van der Waals surface area (Å²) in [6.45, 7) is 6.11. The molecule has 1 aliphatic rings. The summed E-state index contributed by atoms with van der Waals surface area (Å²) < 4.78 is 11.4. The summed E-state index contributed by atoms with van der Waals surface area (Å²) in [5, 5.41) is 3.14. The largest absolute Gasteiger partial charge is 0.497 e. The molecule has 2 heterocycles. The molecule has 1 aromatic heterocycles. The Morgan fingerprint density at radius 2 is 2.23 bits per heavy atom. The van der Waals surface area contributed by atoms with Gasteiger partial charge in [0.25, 0.3) is 5.91 Å². The zero-order valence-corrected chi connectivity index (χ0v) is 15.7. The number of aryl methyl sites for hydroxylation is 1. The van der Waals surface area contributed by atoms with Gasteiger partial charge in [0.15, 0.2) is 0 Å². The quantitative estimate of drug-likeness (QED) is 0.889. The minimum absolute atomic E-state index is 0.162. The van der Waals surface area contributed by atoms with Crippen LogP contribution in [0.4, 0.5) is 0 Å². The molecule has 6 nitrogen and oxygen atoms in total. The van der Waals surface area contributed by atoms with Crippen LogP contribution < -0.4 is 14.8 Å². The fourth-order valence-corrected chi connectivity index (χ4v) is 3.31. The third-order valence-corrected chi connectivity index (χ3v) is 4.51. The molecule has 1 N–H and O–H groups in total. The number of amides is 1. The number of carbonyl (C=O) groups excluding carboxylic acids is 1. The zero-order chi connectivity index (χ0) is 18.7. The van der Waals surface area contributed by atoms with Crippen molar-refractivity contribution >= 4 is 5.91 Å². The number of ether oxygens (including phenoxy) is 2. The molecule has 138 valence electrons. The van der Waals surface area contributed by atoms with Crippen LogP contribution in [0.3, 0.4) is 0 Å². The zero-order valence-electron chi connectivity index (χ0n) is 15.7. The van der Waals surface area contributed by atoms with Crippen LogP contribution in [-0.4, -0.2) is 28.6 Å². The molecule has 0 spiro atoms. The molecule has 3 rings (SSSR count). The van der Waals surface area contributed by atoms with Crippen LogP contribution in [0.2, 0.25) is 0 Å². The standard InChI is InChI=1S/C20H25N3O3/c1-5-6-16-15(11-21-12-22-16)19(24)23-17-10-20(2,3)26-18-8-7-13(25-4)9-14(17)18/h7-9,11-12,17H,5-6,10H2,1-4H3,(H,23,24)/t17-/m1/s1. The number of rotatable bonds is 5. The fourth-order valence-electron chi connectivity index (χ4n) is 3.31. The van der Waals surface area contributed by atoms with E-state index in [4.69, 9.17) is 9.47 Å². The predicted octanol–water partition coefficient (Wildman–Crippen LogP) is 3.47. The second-order valence-electron chi connectivity index (χ2n) is 7.13. The van der Waals surface area contributed by atoms with Crippen molar-refractivity contribution in [2.75, 3.05) is 7.11 Å². The molecule has 0 fully saturated rings. The number of methoxy groups -OCH3 is 1. The first-order valence-electron chi connectivity index (χ1n) is 8.90. The highest BCUT2D eigenvalue weighted by atomic mass is 16.5. The number of nitrogens with one attached hydrogen (secondary N) is 1. The molecule has 6 heteroatoms. The van der Waals surface area contributed by atoms with Gasteiger partial charge >= 0.3 is 0 Å². The SMILES string of the molecule is CCCc1ncncc1C(=O)N[C@@H]1CC(C)(C)Oc2ccc(OC)cc21. The molecule has 0 unspecified atom stereocenters. The van der Waals surface area contributed by atoms with Gasteiger partial charge in [-0.3, -0.25) is 4.79 Å². The van der Waals surface area contributed by atoms with Gasteiger partial charge in [-0.15, -0.1) is 0 Å². The number of aromatic nitrogens is 2. The van der Waals surface area contributed by atoms with Gasteiger partial charge in [-0.05, 0) is 38.5 Å². The Morgan fingerprint density at radius 1 is 1.42 bits per heavy atom. The first-order valence-corrected chi connectivity index (χ1v) is 8.90. The highest BCUT2D eigenvalue weighted by molar-refractivity contribution is 5.95. The summed E-state index contributed by atoms with van der Waals surface area (Å²) in [6, 6.07) is 5.50. The van der Waals surface area contributed by atoms with Crippen molar-refractivity contribution in [1.82, 2.24) is 15.3 Å². The summed E-state index contributed by atoms with van der Waals surface area (Å²) in [4.78, 5) is 21.2. The number of benzene rings is 1. The van der Waals surface area contributed by atoms with Crippen molar-refractivity contribution in [2.45, 2.75) is 51.7 Å². The Bertz CT molecular complexity index is 805. The Kier molecular flexibility index (Phi) is 5.11. The van der Waals surface area contributed by atoms with Crippen molar-refractivity contribution < 1.29 is 14.3 Å². The highest BCUT2D eigenvalue weighted by Crippen LogP contribution is 2.41. The van der Waals surface area contributed by atoms with Crippen molar-refractivity contribution in [2.24, 2.45) is 0 Å². The van der Waals surface area contributed by atoms with Gasteiger partial charge in [-0.1, -0.05) is 13.3 Å². The van der Waals surface area contributed by atoms with Gasteiger partial charge in [-0.2, -0.15) is 0 Å². The lowest BCUT2D eigenvalue weighted by Crippen LogP contribution is -2.41. The predicted molar refractivity (Wildman–Crippen MR) is 98.6 cm³/mol. The van der Waals surface area contributed by atoms with E-state index in [1.54, 1.807) is 13.3 Å². The number of carbonyl (C=O) groups is 1. The Hall–Kier alpha value is -2.63. The van der Waals surface area contributed by atoms with Crippen molar-refractivity contribution in [3.63, 3.8) is 0 Å². The Balaban J connectivity index is 1.91. The van der Waals surface area contributed by atoms with Crippen LogP contribution in [0.5, 0.6) is 11.5 Å². The normalized spacial score (nSPS) is 17.8. The topological polar surface area (TPSA) is 73.3 Å². The molecule has 1 aromatic carbocycles. The summed E-state index contributed by atoms with van der Waals surface area (Å²) >= 11 is 0. The maximum atomic E-state index is 12.9. The van der Waals surface area contributed by atoms with E-state index in [0.29, 0.717) is 12.0 Å². The van der Waals surface area contributed by atoms with Crippen LogP contribution in [0, 0.1) is 0 Å². The number of hydrogen-bond donors (Lipinski definition) is 1. The van der Waals surface area contributed by atoms with Gasteiger partial charge in [0.2, 0.25) is 0 Å². The number of nitrogens with zero attached hydrogens (tertiary/aromatic N) is 2. The molecule has 1 atom stereocenters. The van der Waals surface area contributed by atoms with Gasteiger partial charge in [0, 0.05) is 18.2 Å². The van der Waals surface area contributed by atoms with E-state index in [0.717, 1.165) is 35.6 Å². The van der Waals surface area contributed by atoms with Crippen molar-refractivity contribution in [1.29, 1.82) is 0 Å². The molecular weight excluding hydrogens is 330 g/mol. The minimum Gasteiger partial charge on any atom is -0.497 e. The van der Waals surface area contributed by atoms with Crippen LogP contribution >= 0.6 is 0 Å². The summed E-state index contributed by atoms with van der Waals surface area (Å²) in [7, 11) is 1.63. The molecule has 0 saturated carbocycles. The number of hydrogen-bond acceptors (Lipinski definition) is 5. The van der Waals surface area contributed by atoms with Crippen molar-refractivity contribution in [3.8, 4) is 11.5 Å². The molecule has 1 aliphatic heterocycles. The molecular formula is C20H25N3O3. The monoisotopic (exact) mass is 355 g/mol. The number of fused-ring (bicyclic) bond motifs is 1. The molecule has 26 heavy (non-hydrogen) atoms. The smallest absolute Gasteiger partial charge is 0.255 e. The average molecular weight is 355 g/mol. The maximum Gasteiger partial charge on any atom is 0.255 e.